The number of hydrogen-bond donors (Lipinski definition) is 2. The number of ether oxygens (including phenoxy) is 1. The van der Waals surface area contributed by atoms with Crippen LogP contribution in [0.15, 0.2) is 30.3 Å². The number of carbonyl (C=O) groups excluding carboxylic acids is 2. The van der Waals surface area contributed by atoms with Crippen LogP contribution in [0, 0.1) is 21.4 Å². The number of nitrogens with one attached hydrogen (secondary N) is 2. The second-order valence-corrected chi connectivity index (χ2v) is 10.7. The quantitative estimate of drug-likeness (QED) is 0.0846. The Kier molecular flexibility index (Phi) is 15.4. The largest absolute Gasteiger partial charge is 0.381 e. The Bertz CT molecular complexity index is 874. The first-order chi connectivity index (χ1) is 18.9. The van der Waals surface area contributed by atoms with E-state index in [4.69, 9.17) is 21.2 Å². The van der Waals surface area contributed by atoms with Gasteiger partial charge in [0.2, 0.25) is 11.9 Å². The average molecular weight is 568 g/mol. The number of rotatable bonds is 21. The van der Waals surface area contributed by atoms with Gasteiger partial charge < -0.3 is 10.1 Å². The number of alkyl halides is 1. The summed E-state index contributed by atoms with van der Waals surface area (Å²) in [6, 6.07) is 7.45. The molecular formula is C29H46ClN3O6. The standard InChI is InChI=1S/C29H46ClN3O6/c1-3-4-5-6-7-8-9-10-11-15-20-38-21-16-19-31-27(34)25(23(2)33(36)37)29(22-30)26(39-32-28(29)35)24-17-13-12-14-18-24/h12-14,17-18,23,25-26H,3-11,15-16,19-22H2,1-2H3,(H,31,34)(H,32,35). The van der Waals surface area contributed by atoms with E-state index in [-0.39, 0.29) is 12.4 Å². The molecule has 2 rings (SSSR count). The first kappa shape index (κ1) is 33.0. The topological polar surface area (TPSA) is 120 Å². The lowest BCUT2D eigenvalue weighted by molar-refractivity contribution is -0.528. The van der Waals surface area contributed by atoms with Crippen molar-refractivity contribution in [3.05, 3.63) is 46.0 Å². The summed E-state index contributed by atoms with van der Waals surface area (Å²) in [6.45, 7) is 4.98. The van der Waals surface area contributed by atoms with E-state index in [1.807, 2.05) is 0 Å². The second-order valence-electron chi connectivity index (χ2n) is 10.5. The molecule has 10 heteroatoms. The number of unbranched alkanes of at least 4 members (excludes halogenated alkanes) is 9. The highest BCUT2D eigenvalue weighted by Crippen LogP contribution is 2.49. The Morgan fingerprint density at radius 1 is 1.08 bits per heavy atom. The fourth-order valence-electron chi connectivity index (χ4n) is 5.24. The van der Waals surface area contributed by atoms with Gasteiger partial charge in [0.25, 0.3) is 5.91 Å². The fourth-order valence-corrected chi connectivity index (χ4v) is 5.67. The van der Waals surface area contributed by atoms with Crippen LogP contribution in [-0.4, -0.2) is 48.4 Å². The van der Waals surface area contributed by atoms with E-state index in [1.165, 1.54) is 58.3 Å². The molecule has 220 valence electrons. The number of hydroxylamine groups is 1. The van der Waals surface area contributed by atoms with E-state index >= 15 is 0 Å². The van der Waals surface area contributed by atoms with E-state index in [2.05, 4.69) is 17.7 Å². The highest BCUT2D eigenvalue weighted by atomic mass is 35.5. The Labute approximate surface area is 237 Å². The van der Waals surface area contributed by atoms with E-state index < -0.39 is 40.2 Å². The summed E-state index contributed by atoms with van der Waals surface area (Å²) in [6.07, 6.45) is 12.2. The van der Waals surface area contributed by atoms with Gasteiger partial charge in [0, 0.05) is 37.5 Å². The molecule has 1 saturated heterocycles. The van der Waals surface area contributed by atoms with Gasteiger partial charge in [-0.05, 0) is 18.4 Å². The third kappa shape index (κ3) is 9.72. The lowest BCUT2D eigenvalue weighted by atomic mass is 9.67. The molecule has 0 aliphatic carbocycles. The van der Waals surface area contributed by atoms with Crippen molar-refractivity contribution < 1.29 is 24.1 Å². The van der Waals surface area contributed by atoms with Crippen molar-refractivity contribution in [2.75, 3.05) is 25.6 Å². The molecule has 2 amide bonds. The minimum Gasteiger partial charge on any atom is -0.381 e. The number of hydrogen-bond acceptors (Lipinski definition) is 6. The van der Waals surface area contributed by atoms with E-state index in [0.717, 1.165) is 12.8 Å². The van der Waals surface area contributed by atoms with Crippen LogP contribution in [0.3, 0.4) is 0 Å². The average Bonchev–Trinajstić information content (AvgIpc) is 3.27. The minimum atomic E-state index is -1.65. The van der Waals surface area contributed by atoms with E-state index in [9.17, 15) is 19.7 Å². The van der Waals surface area contributed by atoms with Crippen molar-refractivity contribution in [3.63, 3.8) is 0 Å². The lowest BCUT2D eigenvalue weighted by Gasteiger charge is -2.35. The molecule has 0 saturated carbocycles. The van der Waals surface area contributed by atoms with Gasteiger partial charge >= 0.3 is 0 Å². The summed E-state index contributed by atoms with van der Waals surface area (Å²) in [5.41, 5.74) is 1.27. The number of amides is 2. The number of benzene rings is 1. The van der Waals surface area contributed by atoms with Crippen LogP contribution in [-0.2, 0) is 19.2 Å². The second kappa shape index (κ2) is 18.2. The summed E-state index contributed by atoms with van der Waals surface area (Å²) in [7, 11) is 0. The maximum Gasteiger partial charge on any atom is 0.255 e. The zero-order chi connectivity index (χ0) is 28.5. The molecular weight excluding hydrogens is 522 g/mol. The van der Waals surface area contributed by atoms with Gasteiger partial charge in [-0.15, -0.1) is 11.6 Å². The zero-order valence-electron chi connectivity index (χ0n) is 23.5. The molecule has 0 radical (unpaired) electrons. The van der Waals surface area contributed by atoms with Crippen molar-refractivity contribution in [2.45, 2.75) is 96.6 Å². The molecule has 4 unspecified atom stereocenters. The molecule has 9 nitrogen and oxygen atoms in total. The highest BCUT2D eigenvalue weighted by Gasteiger charge is 2.63. The number of halogens is 1. The van der Waals surface area contributed by atoms with Gasteiger partial charge in [-0.3, -0.25) is 24.5 Å². The maximum absolute atomic E-state index is 13.3. The highest BCUT2D eigenvalue weighted by molar-refractivity contribution is 6.20. The third-order valence-electron chi connectivity index (χ3n) is 7.54. The molecule has 1 fully saturated rings. The molecule has 0 aromatic heterocycles. The van der Waals surface area contributed by atoms with Crippen LogP contribution in [0.1, 0.15) is 96.1 Å². The van der Waals surface area contributed by atoms with Crippen molar-refractivity contribution in [2.24, 2.45) is 11.3 Å². The number of carbonyl (C=O) groups is 2. The lowest BCUT2D eigenvalue weighted by Crippen LogP contribution is -2.55. The Balaban J connectivity index is 1.80. The summed E-state index contributed by atoms with van der Waals surface area (Å²) in [5, 5.41) is 14.6. The van der Waals surface area contributed by atoms with Gasteiger partial charge in [0.1, 0.15) is 17.4 Å². The summed E-state index contributed by atoms with van der Waals surface area (Å²) >= 11 is 6.33. The van der Waals surface area contributed by atoms with Crippen molar-refractivity contribution in [1.82, 2.24) is 10.8 Å². The van der Waals surface area contributed by atoms with Gasteiger partial charge in [0.15, 0.2) is 0 Å². The van der Waals surface area contributed by atoms with Crippen molar-refractivity contribution in [3.8, 4) is 0 Å². The first-order valence-electron chi connectivity index (χ1n) is 14.5. The van der Waals surface area contributed by atoms with E-state index in [1.54, 1.807) is 30.3 Å². The number of nitrogens with zero attached hydrogens (tertiary/aromatic N) is 1. The minimum absolute atomic E-state index is 0.272. The fraction of sp³-hybridized carbons (Fsp3) is 0.724. The molecule has 4 atom stereocenters. The normalized spacial score (nSPS) is 20.4. The molecule has 1 aromatic rings. The van der Waals surface area contributed by atoms with Crippen LogP contribution < -0.4 is 10.8 Å². The Morgan fingerprint density at radius 3 is 2.26 bits per heavy atom. The molecule has 39 heavy (non-hydrogen) atoms. The monoisotopic (exact) mass is 567 g/mol. The first-order valence-corrected chi connectivity index (χ1v) is 15.0. The van der Waals surface area contributed by atoms with Gasteiger partial charge in [0.05, 0.1) is 0 Å². The molecule has 1 heterocycles. The van der Waals surface area contributed by atoms with Crippen LogP contribution in [0.2, 0.25) is 0 Å². The van der Waals surface area contributed by atoms with E-state index in [0.29, 0.717) is 25.2 Å². The van der Waals surface area contributed by atoms with Gasteiger partial charge in [-0.1, -0.05) is 95.0 Å². The van der Waals surface area contributed by atoms with Crippen molar-refractivity contribution >= 4 is 23.4 Å². The van der Waals surface area contributed by atoms with Crippen LogP contribution in [0.4, 0.5) is 0 Å². The molecule has 1 aliphatic heterocycles. The predicted octanol–water partition coefficient (Wildman–Crippen LogP) is 5.74. The Hall–Kier alpha value is -2.23. The van der Waals surface area contributed by atoms with Crippen LogP contribution in [0.25, 0.3) is 0 Å². The summed E-state index contributed by atoms with van der Waals surface area (Å²) < 4.78 is 5.70. The Morgan fingerprint density at radius 2 is 1.67 bits per heavy atom. The molecule has 1 aliphatic rings. The smallest absolute Gasteiger partial charge is 0.255 e. The summed E-state index contributed by atoms with van der Waals surface area (Å²) in [4.78, 5) is 43.2. The maximum atomic E-state index is 13.3. The predicted molar refractivity (Wildman–Crippen MR) is 152 cm³/mol. The molecule has 0 spiro atoms. The van der Waals surface area contributed by atoms with Crippen LogP contribution in [0.5, 0.6) is 0 Å². The van der Waals surface area contributed by atoms with Crippen molar-refractivity contribution in [1.29, 1.82) is 0 Å². The molecule has 2 N–H and O–H groups in total. The summed E-state index contributed by atoms with van der Waals surface area (Å²) in [5.74, 6) is -2.90. The van der Waals surface area contributed by atoms with Gasteiger partial charge in [-0.25, -0.2) is 5.48 Å². The SMILES string of the molecule is CCCCCCCCCCCCOCCCNC(=O)C(C(C)[N+](=O)[O-])C1(CCl)C(=O)NOC1c1ccccc1. The van der Waals surface area contributed by atoms with Crippen LogP contribution >= 0.6 is 11.6 Å². The van der Waals surface area contributed by atoms with Gasteiger partial charge in [-0.2, -0.15) is 0 Å². The number of nitro groups is 1. The third-order valence-corrected chi connectivity index (χ3v) is 7.99. The molecule has 0 bridgehead atoms. The molecule has 1 aromatic carbocycles. The zero-order valence-corrected chi connectivity index (χ0v) is 24.3.